The number of hydrogen-bond acceptors (Lipinski definition) is 6. The van der Waals surface area contributed by atoms with Gasteiger partial charge in [-0.3, -0.25) is 4.79 Å². The molecule has 1 aliphatic heterocycles. The number of aryl methyl sites for hydroxylation is 1. The summed E-state index contributed by atoms with van der Waals surface area (Å²) in [6.07, 6.45) is 1.20. The highest BCUT2D eigenvalue weighted by Crippen LogP contribution is 2.50. The number of Topliss-reactive ketones (excluding diaryl/α,β-unsaturated/α-hetero) is 1. The van der Waals surface area contributed by atoms with Gasteiger partial charge in [0.25, 0.3) is 0 Å². The normalized spacial score (nSPS) is 21.6. The van der Waals surface area contributed by atoms with Crippen LogP contribution in [0.4, 0.5) is 5.88 Å². The van der Waals surface area contributed by atoms with Gasteiger partial charge in [-0.05, 0) is 36.5 Å². The van der Waals surface area contributed by atoms with Gasteiger partial charge in [0.05, 0.1) is 11.3 Å². The van der Waals surface area contributed by atoms with Gasteiger partial charge in [0.2, 0.25) is 5.88 Å². The number of rotatable bonds is 1. The van der Waals surface area contributed by atoms with Crippen LogP contribution < -0.4 is 5.32 Å². The minimum absolute atomic E-state index is 0.0857. The Labute approximate surface area is 145 Å². The topological polar surface area (TPSA) is 95.6 Å². The molecule has 1 unspecified atom stereocenters. The molecule has 2 aromatic rings. The fourth-order valence-corrected chi connectivity index (χ4v) is 3.92. The van der Waals surface area contributed by atoms with E-state index in [1.807, 2.05) is 6.92 Å². The summed E-state index contributed by atoms with van der Waals surface area (Å²) in [6.45, 7) is 5.97. The first kappa shape index (κ1) is 15.7. The molecule has 0 spiro atoms. The molecule has 0 radical (unpaired) electrons. The monoisotopic (exact) mass is 340 g/mol. The van der Waals surface area contributed by atoms with E-state index in [-0.39, 0.29) is 28.6 Å². The van der Waals surface area contributed by atoms with E-state index >= 15 is 0 Å². The average molecular weight is 340 g/mol. The Morgan fingerprint density at radius 3 is 2.72 bits per heavy atom. The molecule has 0 bridgehead atoms. The quantitative estimate of drug-likeness (QED) is 0.687. The molecule has 1 aromatic carbocycles. The maximum Gasteiger partial charge on any atom is 0.233 e. The van der Waals surface area contributed by atoms with Crippen LogP contribution >= 0.6 is 0 Å². The zero-order valence-corrected chi connectivity index (χ0v) is 14.4. The number of aromatic nitrogens is 1. The van der Waals surface area contributed by atoms with Crippen molar-refractivity contribution in [2.45, 2.75) is 39.5 Å². The number of benzene rings is 1. The fraction of sp³-hybridized carbons (Fsp3) is 0.368. The molecule has 0 fully saturated rings. The zero-order valence-electron chi connectivity index (χ0n) is 14.4. The fourth-order valence-electron chi connectivity index (χ4n) is 3.92. The summed E-state index contributed by atoms with van der Waals surface area (Å²) in [5.41, 5.74) is 3.65. The molecule has 2 heterocycles. The largest absolute Gasteiger partial charge is 0.504 e. The minimum Gasteiger partial charge on any atom is -0.504 e. The number of carbonyl (C=O) groups excluding carboxylic acids is 1. The molecule has 25 heavy (non-hydrogen) atoms. The van der Waals surface area contributed by atoms with Crippen LogP contribution in [0.3, 0.4) is 0 Å². The molecule has 1 aliphatic carbocycles. The van der Waals surface area contributed by atoms with Crippen molar-refractivity contribution < 1.29 is 19.5 Å². The van der Waals surface area contributed by atoms with E-state index in [0.717, 1.165) is 23.2 Å². The van der Waals surface area contributed by atoms with Gasteiger partial charge in [0, 0.05) is 23.6 Å². The van der Waals surface area contributed by atoms with Crippen LogP contribution in [0.5, 0.6) is 11.5 Å². The molecule has 1 atom stereocenters. The molecule has 0 saturated carbocycles. The lowest BCUT2D eigenvalue weighted by Gasteiger charge is -2.37. The first-order chi connectivity index (χ1) is 11.8. The van der Waals surface area contributed by atoms with Gasteiger partial charge < -0.3 is 20.1 Å². The second-order valence-electron chi connectivity index (χ2n) is 7.65. The van der Waals surface area contributed by atoms with E-state index in [2.05, 4.69) is 24.3 Å². The highest BCUT2D eigenvalue weighted by molar-refractivity contribution is 6.01. The van der Waals surface area contributed by atoms with Crippen molar-refractivity contribution in [2.24, 2.45) is 5.41 Å². The molecule has 3 N–H and O–H groups in total. The number of carbonyl (C=O) groups is 1. The number of phenols is 2. The van der Waals surface area contributed by atoms with Crippen molar-refractivity contribution in [2.75, 3.05) is 5.32 Å². The van der Waals surface area contributed by atoms with E-state index in [0.29, 0.717) is 23.6 Å². The van der Waals surface area contributed by atoms with Gasteiger partial charge in [0.1, 0.15) is 0 Å². The van der Waals surface area contributed by atoms with Crippen molar-refractivity contribution in [3.05, 3.63) is 46.3 Å². The third kappa shape index (κ3) is 2.40. The van der Waals surface area contributed by atoms with Crippen LogP contribution in [0.1, 0.15) is 49.4 Å². The van der Waals surface area contributed by atoms with Crippen molar-refractivity contribution in [3.8, 4) is 11.5 Å². The van der Waals surface area contributed by atoms with Crippen molar-refractivity contribution >= 4 is 11.7 Å². The summed E-state index contributed by atoms with van der Waals surface area (Å²) in [6, 6.07) is 4.66. The lowest BCUT2D eigenvalue weighted by atomic mass is 9.69. The van der Waals surface area contributed by atoms with Crippen molar-refractivity contribution in [1.29, 1.82) is 0 Å². The zero-order chi connectivity index (χ0) is 17.9. The molecular formula is C19H20N2O4. The summed E-state index contributed by atoms with van der Waals surface area (Å²) in [4.78, 5) is 13.0. The third-order valence-corrected chi connectivity index (χ3v) is 5.00. The van der Waals surface area contributed by atoms with Gasteiger partial charge in [-0.25, -0.2) is 0 Å². The maximum atomic E-state index is 13.0. The first-order valence-corrected chi connectivity index (χ1v) is 8.28. The number of fused-ring (bicyclic) bond motifs is 1. The number of hydrogen-bond donors (Lipinski definition) is 3. The number of nitrogens with one attached hydrogen (secondary N) is 1. The number of allylic oxidation sites excluding steroid dienone is 2. The standard InChI is InChI=1S/C19H20N2O4/c1-9-15-16(10-4-5-12(22)13(23)6-10)17-11(20-18(15)25-21-9)7-19(2,3)8-14(17)24/h4-6,16,20,22-23H,7-8H2,1-3H3. The lowest BCUT2D eigenvalue weighted by Crippen LogP contribution is -2.33. The second kappa shape index (κ2) is 5.12. The van der Waals surface area contributed by atoms with Gasteiger partial charge in [-0.2, -0.15) is 0 Å². The molecule has 0 amide bonds. The smallest absolute Gasteiger partial charge is 0.233 e. The molecular weight excluding hydrogens is 320 g/mol. The summed E-state index contributed by atoms with van der Waals surface area (Å²) in [5.74, 6) is -0.142. The van der Waals surface area contributed by atoms with Gasteiger partial charge in [-0.15, -0.1) is 0 Å². The average Bonchev–Trinajstić information content (AvgIpc) is 2.88. The molecule has 6 heteroatoms. The van der Waals surface area contributed by atoms with Gasteiger partial charge >= 0.3 is 0 Å². The molecule has 1 aromatic heterocycles. The summed E-state index contributed by atoms with van der Waals surface area (Å²) in [5, 5.41) is 26.9. The van der Waals surface area contributed by atoms with Crippen LogP contribution in [-0.2, 0) is 4.79 Å². The Hall–Kier alpha value is -2.76. The second-order valence-corrected chi connectivity index (χ2v) is 7.65. The molecule has 4 rings (SSSR count). The Kier molecular flexibility index (Phi) is 3.22. The first-order valence-electron chi connectivity index (χ1n) is 8.28. The molecule has 0 saturated heterocycles. The number of aromatic hydroxyl groups is 2. The van der Waals surface area contributed by atoms with Crippen LogP contribution in [-0.4, -0.2) is 21.2 Å². The Balaban J connectivity index is 1.94. The van der Waals surface area contributed by atoms with Gasteiger partial charge in [0.15, 0.2) is 17.3 Å². The highest BCUT2D eigenvalue weighted by atomic mass is 16.5. The minimum atomic E-state index is -0.368. The number of nitrogens with zero attached hydrogens (tertiary/aromatic N) is 1. The highest BCUT2D eigenvalue weighted by Gasteiger charge is 2.43. The van der Waals surface area contributed by atoms with Crippen molar-refractivity contribution in [1.82, 2.24) is 5.16 Å². The number of ketones is 1. The van der Waals surface area contributed by atoms with Gasteiger partial charge in [-0.1, -0.05) is 25.1 Å². The molecule has 130 valence electrons. The van der Waals surface area contributed by atoms with Crippen LogP contribution in [0, 0.1) is 12.3 Å². The Bertz CT molecular complexity index is 924. The number of anilines is 1. The molecule has 6 nitrogen and oxygen atoms in total. The Morgan fingerprint density at radius 1 is 1.24 bits per heavy atom. The van der Waals surface area contributed by atoms with E-state index < -0.39 is 0 Å². The Morgan fingerprint density at radius 2 is 2.00 bits per heavy atom. The predicted molar refractivity (Wildman–Crippen MR) is 91.5 cm³/mol. The predicted octanol–water partition coefficient (Wildman–Crippen LogP) is 3.59. The molecule has 2 aliphatic rings. The van der Waals surface area contributed by atoms with E-state index in [9.17, 15) is 15.0 Å². The van der Waals surface area contributed by atoms with E-state index in [1.165, 1.54) is 12.1 Å². The maximum absolute atomic E-state index is 13.0. The van der Waals surface area contributed by atoms with Crippen LogP contribution in [0.25, 0.3) is 0 Å². The summed E-state index contributed by atoms with van der Waals surface area (Å²) >= 11 is 0. The van der Waals surface area contributed by atoms with Crippen LogP contribution in [0.2, 0.25) is 0 Å². The number of phenolic OH excluding ortho intramolecular Hbond substituents is 2. The van der Waals surface area contributed by atoms with E-state index in [4.69, 9.17) is 4.52 Å². The SMILES string of the molecule is Cc1noc2c1C(c1ccc(O)c(O)c1)C1=C(CC(C)(C)CC1=O)N2. The van der Waals surface area contributed by atoms with Crippen molar-refractivity contribution in [3.63, 3.8) is 0 Å². The lowest BCUT2D eigenvalue weighted by molar-refractivity contribution is -0.118. The van der Waals surface area contributed by atoms with E-state index in [1.54, 1.807) is 6.07 Å². The third-order valence-electron chi connectivity index (χ3n) is 5.00. The van der Waals surface area contributed by atoms with Crippen LogP contribution in [0.15, 0.2) is 34.0 Å². The summed E-state index contributed by atoms with van der Waals surface area (Å²) in [7, 11) is 0. The summed E-state index contributed by atoms with van der Waals surface area (Å²) < 4.78 is 5.43.